The van der Waals surface area contributed by atoms with Gasteiger partial charge >= 0.3 is 6.09 Å². The van der Waals surface area contributed by atoms with Crippen LogP contribution in [0.5, 0.6) is 0 Å². The van der Waals surface area contributed by atoms with Crippen molar-refractivity contribution in [2.75, 3.05) is 19.0 Å². The zero-order valence-electron chi connectivity index (χ0n) is 29.5. The summed E-state index contributed by atoms with van der Waals surface area (Å²) in [5.74, 6) is -0.669. The molecule has 4 atom stereocenters. The van der Waals surface area contributed by atoms with Crippen LogP contribution < -0.4 is 10.0 Å². The van der Waals surface area contributed by atoms with Crippen molar-refractivity contribution < 1.29 is 28.0 Å². The standard InChI is InChI=1S/C38H49FN4O5S/c1-35(2,3)48-34(45)43-25-37(47-7,27-13-9-8-10-14-27)24-31(43)33(44)41-30-23-28(18-19-29(30)39)38(21-20-26-16-17-26,32-15-11-12-22-40-32)42-49(46)36(4,5)6/h8-15,18-19,22-23,26,31,42H,16-17,20-21,24-25H2,1-7H3,(H,41,44)/t31-,37+,38-,49?/m0/s1. The highest BCUT2D eigenvalue weighted by Gasteiger charge is 2.52. The van der Waals surface area contributed by atoms with E-state index in [1.807, 2.05) is 69.3 Å². The van der Waals surface area contributed by atoms with Crippen LogP contribution in [0.25, 0.3) is 0 Å². The van der Waals surface area contributed by atoms with Crippen molar-refractivity contribution in [1.82, 2.24) is 14.6 Å². The third kappa shape index (κ3) is 8.45. The molecule has 2 amide bonds. The van der Waals surface area contributed by atoms with Gasteiger partial charge in [0.1, 0.15) is 33.3 Å². The van der Waals surface area contributed by atoms with Gasteiger partial charge in [0.15, 0.2) is 0 Å². The number of amides is 2. The highest BCUT2D eigenvalue weighted by molar-refractivity contribution is 7.90. The van der Waals surface area contributed by atoms with Crippen molar-refractivity contribution in [1.29, 1.82) is 0 Å². The average molecular weight is 693 g/mol. The van der Waals surface area contributed by atoms with Gasteiger partial charge in [0, 0.05) is 31.1 Å². The predicted molar refractivity (Wildman–Crippen MR) is 190 cm³/mol. The Labute approximate surface area is 292 Å². The molecule has 1 aliphatic heterocycles. The Morgan fingerprint density at radius 3 is 2.33 bits per heavy atom. The molecule has 2 aliphatic rings. The lowest BCUT2D eigenvalue weighted by molar-refractivity contribution is -0.120. The van der Waals surface area contributed by atoms with E-state index >= 15 is 4.39 Å². The number of ether oxygens (including phenoxy) is 2. The number of hydrogen-bond acceptors (Lipinski definition) is 7. The third-order valence-electron chi connectivity index (χ3n) is 9.21. The second kappa shape index (κ2) is 14.4. The molecule has 1 aliphatic carbocycles. The van der Waals surface area contributed by atoms with Gasteiger partial charge < -0.3 is 19.3 Å². The number of benzene rings is 2. The number of halogens is 1. The monoisotopic (exact) mass is 692 g/mol. The second-order valence-electron chi connectivity index (χ2n) is 15.2. The van der Waals surface area contributed by atoms with E-state index in [4.69, 9.17) is 14.5 Å². The Balaban J connectivity index is 1.53. The Bertz CT molecular complexity index is 1610. The summed E-state index contributed by atoms with van der Waals surface area (Å²) in [6.45, 7) is 11.0. The summed E-state index contributed by atoms with van der Waals surface area (Å²) in [5.41, 5.74) is -0.815. The summed E-state index contributed by atoms with van der Waals surface area (Å²) in [6, 6.07) is 18.5. The number of anilines is 1. The van der Waals surface area contributed by atoms with Crippen molar-refractivity contribution >= 4 is 29.0 Å². The first-order chi connectivity index (χ1) is 23.1. The number of rotatable bonds is 11. The Morgan fingerprint density at radius 2 is 1.73 bits per heavy atom. The van der Waals surface area contributed by atoms with Crippen molar-refractivity contribution in [2.24, 2.45) is 5.92 Å². The fourth-order valence-corrected chi connectivity index (χ4v) is 7.22. The number of carbonyl (C=O) groups is 2. The number of methoxy groups -OCH3 is 1. The van der Waals surface area contributed by atoms with Crippen LogP contribution in [0.3, 0.4) is 0 Å². The van der Waals surface area contributed by atoms with Crippen LogP contribution in [-0.2, 0) is 36.8 Å². The largest absolute Gasteiger partial charge is 0.598 e. The topological polar surface area (TPSA) is 116 Å². The molecule has 49 heavy (non-hydrogen) atoms. The molecular formula is C38H49FN4O5S. The Hall–Kier alpha value is -3.51. The molecular weight excluding hydrogens is 644 g/mol. The maximum atomic E-state index is 15.7. The number of aromatic nitrogens is 1. The minimum absolute atomic E-state index is 0.0589. The zero-order valence-corrected chi connectivity index (χ0v) is 30.4. The molecule has 2 aromatic carbocycles. The molecule has 0 spiro atoms. The van der Waals surface area contributed by atoms with E-state index in [2.05, 4.69) is 10.0 Å². The van der Waals surface area contributed by atoms with E-state index in [1.54, 1.807) is 46.2 Å². The maximum absolute atomic E-state index is 15.7. The molecule has 11 heteroatoms. The molecule has 9 nitrogen and oxygen atoms in total. The summed E-state index contributed by atoms with van der Waals surface area (Å²) in [4.78, 5) is 33.8. The summed E-state index contributed by atoms with van der Waals surface area (Å²) >= 11 is -1.52. The fraction of sp³-hybridized carbons (Fsp3) is 0.500. The number of nitrogens with one attached hydrogen (secondary N) is 2. The van der Waals surface area contributed by atoms with Gasteiger partial charge in [-0.05, 0) is 95.7 Å². The highest BCUT2D eigenvalue weighted by Crippen LogP contribution is 2.43. The molecule has 3 aromatic rings. The van der Waals surface area contributed by atoms with E-state index in [-0.39, 0.29) is 18.7 Å². The molecule has 1 saturated carbocycles. The number of likely N-dealkylation sites (tertiary alicyclic amines) is 1. The number of nitrogens with zero attached hydrogens (tertiary/aromatic N) is 2. The Morgan fingerprint density at radius 1 is 1.04 bits per heavy atom. The molecule has 2 N–H and O–H groups in total. The van der Waals surface area contributed by atoms with Gasteiger partial charge in [-0.2, -0.15) is 0 Å². The molecule has 1 unspecified atom stereocenters. The van der Waals surface area contributed by atoms with Crippen LogP contribution in [0.4, 0.5) is 14.9 Å². The molecule has 2 heterocycles. The molecule has 5 rings (SSSR count). The zero-order chi connectivity index (χ0) is 35.6. The quantitative estimate of drug-likeness (QED) is 0.204. The van der Waals surface area contributed by atoms with E-state index in [0.29, 0.717) is 23.6 Å². The lowest BCUT2D eigenvalue weighted by Gasteiger charge is -2.38. The van der Waals surface area contributed by atoms with Crippen LogP contribution >= 0.6 is 0 Å². The maximum Gasteiger partial charge on any atom is 0.411 e. The lowest BCUT2D eigenvalue weighted by Crippen LogP contribution is -2.52. The summed E-state index contributed by atoms with van der Waals surface area (Å²) < 4.78 is 44.0. The molecule has 1 aromatic heterocycles. The molecule has 264 valence electrons. The highest BCUT2D eigenvalue weighted by atomic mass is 32.2. The number of carbonyl (C=O) groups excluding carboxylic acids is 2. The third-order valence-corrected chi connectivity index (χ3v) is 10.9. The fourth-order valence-electron chi connectivity index (χ4n) is 6.27. The molecule has 0 bridgehead atoms. The number of hydrogen-bond donors (Lipinski definition) is 2. The van der Waals surface area contributed by atoms with Gasteiger partial charge in [-0.1, -0.05) is 55.3 Å². The van der Waals surface area contributed by atoms with Crippen molar-refractivity contribution in [2.45, 2.75) is 101 Å². The average Bonchev–Trinajstić information content (AvgIpc) is 3.80. The van der Waals surface area contributed by atoms with Crippen molar-refractivity contribution in [3.63, 3.8) is 0 Å². The molecule has 0 radical (unpaired) electrons. The minimum atomic E-state index is -1.52. The molecule has 1 saturated heterocycles. The van der Waals surface area contributed by atoms with Gasteiger partial charge in [0.2, 0.25) is 5.91 Å². The van der Waals surface area contributed by atoms with Gasteiger partial charge in [-0.15, -0.1) is 4.72 Å². The van der Waals surface area contributed by atoms with Gasteiger partial charge in [0.05, 0.1) is 17.9 Å². The first-order valence-corrected chi connectivity index (χ1v) is 18.0. The van der Waals surface area contributed by atoms with E-state index in [0.717, 1.165) is 24.8 Å². The SMILES string of the molecule is CO[C@]1(c2ccccc2)C[C@@H](C(=O)Nc2cc([C@](CCC3CC3)(N[S+]([O-])C(C)(C)C)c3ccccn3)ccc2F)N(C(=O)OC(C)(C)C)C1. The van der Waals surface area contributed by atoms with Crippen LogP contribution in [0.2, 0.25) is 0 Å². The van der Waals surface area contributed by atoms with E-state index in [1.165, 1.54) is 11.0 Å². The van der Waals surface area contributed by atoms with Crippen LogP contribution in [0.1, 0.15) is 90.5 Å². The van der Waals surface area contributed by atoms with Gasteiger partial charge in [-0.25, -0.2) is 9.18 Å². The second-order valence-corrected chi connectivity index (χ2v) is 17.1. The Kier molecular flexibility index (Phi) is 10.8. The minimum Gasteiger partial charge on any atom is -0.598 e. The number of pyridine rings is 1. The van der Waals surface area contributed by atoms with Gasteiger partial charge in [-0.3, -0.25) is 14.7 Å². The molecule has 2 fully saturated rings. The first kappa shape index (κ1) is 36.8. The predicted octanol–water partition coefficient (Wildman–Crippen LogP) is 7.20. The summed E-state index contributed by atoms with van der Waals surface area (Å²) in [7, 11) is 1.55. The lowest BCUT2D eigenvalue weighted by atomic mass is 9.82. The van der Waals surface area contributed by atoms with Crippen LogP contribution in [0.15, 0.2) is 72.9 Å². The first-order valence-electron chi connectivity index (χ1n) is 16.9. The van der Waals surface area contributed by atoms with Crippen molar-refractivity contribution in [3.05, 3.63) is 95.6 Å². The summed E-state index contributed by atoms with van der Waals surface area (Å²) in [5, 5.41) is 2.79. The van der Waals surface area contributed by atoms with Gasteiger partial charge in [0.25, 0.3) is 0 Å². The van der Waals surface area contributed by atoms with E-state index in [9.17, 15) is 14.1 Å². The van der Waals surface area contributed by atoms with E-state index < -0.39 is 56.7 Å². The van der Waals surface area contributed by atoms with Crippen LogP contribution in [0, 0.1) is 11.7 Å². The van der Waals surface area contributed by atoms with Crippen LogP contribution in [-0.4, -0.2) is 56.5 Å². The normalized spacial score (nSPS) is 21.6. The van der Waals surface area contributed by atoms with Crippen molar-refractivity contribution in [3.8, 4) is 0 Å². The smallest absolute Gasteiger partial charge is 0.411 e. The summed E-state index contributed by atoms with van der Waals surface area (Å²) in [6.07, 6.45) is 4.84.